The first-order valence-corrected chi connectivity index (χ1v) is 9.82. The monoisotopic (exact) mass is 352 g/mol. The van der Waals surface area contributed by atoms with Crippen LogP contribution in [0.3, 0.4) is 0 Å². The molecule has 1 heterocycles. The second kappa shape index (κ2) is 6.93. The van der Waals surface area contributed by atoms with E-state index in [2.05, 4.69) is 5.32 Å². The van der Waals surface area contributed by atoms with Gasteiger partial charge in [0.15, 0.2) is 9.84 Å². The molecule has 1 N–H and O–H groups in total. The van der Waals surface area contributed by atoms with E-state index in [0.717, 1.165) is 11.1 Å². The van der Waals surface area contributed by atoms with Gasteiger partial charge in [-0.3, -0.25) is 9.59 Å². The van der Waals surface area contributed by atoms with Crippen molar-refractivity contribution in [2.45, 2.75) is 39.2 Å². The summed E-state index contributed by atoms with van der Waals surface area (Å²) in [6, 6.07) is 5.27. The molecule has 0 saturated carbocycles. The van der Waals surface area contributed by atoms with Crippen LogP contribution >= 0.6 is 0 Å². The molecule has 0 aromatic heterocycles. The first-order valence-electron chi connectivity index (χ1n) is 8.00. The summed E-state index contributed by atoms with van der Waals surface area (Å²) in [5.41, 5.74) is 2.49. The van der Waals surface area contributed by atoms with E-state index in [9.17, 15) is 18.0 Å². The molecule has 1 aliphatic rings. The van der Waals surface area contributed by atoms with E-state index in [4.69, 9.17) is 0 Å². The van der Waals surface area contributed by atoms with Crippen molar-refractivity contribution in [1.29, 1.82) is 0 Å². The van der Waals surface area contributed by atoms with E-state index in [0.29, 0.717) is 12.1 Å². The Hall–Kier alpha value is -1.89. The highest BCUT2D eigenvalue weighted by Gasteiger charge is 2.34. The second-order valence-corrected chi connectivity index (χ2v) is 8.85. The van der Waals surface area contributed by atoms with Gasteiger partial charge in [-0.15, -0.1) is 0 Å². The summed E-state index contributed by atoms with van der Waals surface area (Å²) in [6.45, 7) is 5.91. The Bertz CT molecular complexity index is 756. The van der Waals surface area contributed by atoms with Crippen LogP contribution < -0.4 is 5.32 Å². The molecule has 7 heteroatoms. The van der Waals surface area contributed by atoms with Gasteiger partial charge in [0.25, 0.3) is 0 Å². The number of amides is 2. The molecule has 1 aromatic carbocycles. The summed E-state index contributed by atoms with van der Waals surface area (Å²) >= 11 is 0. The van der Waals surface area contributed by atoms with Gasteiger partial charge in [0.2, 0.25) is 0 Å². The predicted octanol–water partition coefficient (Wildman–Crippen LogP) is 1.70. The van der Waals surface area contributed by atoms with Crippen LogP contribution in [0.2, 0.25) is 0 Å². The van der Waals surface area contributed by atoms with Crippen molar-refractivity contribution in [1.82, 2.24) is 4.90 Å². The van der Waals surface area contributed by atoms with Gasteiger partial charge in [-0.25, -0.2) is 8.42 Å². The van der Waals surface area contributed by atoms with E-state index >= 15 is 0 Å². The van der Waals surface area contributed by atoms with Gasteiger partial charge < -0.3 is 10.2 Å². The standard InChI is InChI=1S/C17H24N2O4S/c1-11(2)14-7-5-6-12(3)15(14)18-16(20)17(21)19(4)13-8-9-24(22,23)10-13/h5-7,11,13H,8-10H2,1-4H3,(H,18,20). The third kappa shape index (κ3) is 3.95. The molecule has 2 rings (SSSR count). The molecule has 0 spiro atoms. The number of nitrogens with one attached hydrogen (secondary N) is 1. The van der Waals surface area contributed by atoms with Gasteiger partial charge in [0.1, 0.15) is 0 Å². The van der Waals surface area contributed by atoms with Crippen LogP contribution in [0, 0.1) is 6.92 Å². The Kier molecular flexibility index (Phi) is 5.32. The average Bonchev–Trinajstić information content (AvgIpc) is 2.87. The summed E-state index contributed by atoms with van der Waals surface area (Å²) in [4.78, 5) is 25.9. The fraction of sp³-hybridized carbons (Fsp3) is 0.529. The van der Waals surface area contributed by atoms with Gasteiger partial charge in [-0.2, -0.15) is 0 Å². The molecule has 0 radical (unpaired) electrons. The number of anilines is 1. The number of nitrogens with zero attached hydrogens (tertiary/aromatic N) is 1. The van der Waals surface area contributed by atoms with Gasteiger partial charge in [-0.1, -0.05) is 32.0 Å². The Morgan fingerprint density at radius 3 is 2.50 bits per heavy atom. The first kappa shape index (κ1) is 18.4. The van der Waals surface area contributed by atoms with Crippen molar-refractivity contribution in [3.8, 4) is 0 Å². The largest absolute Gasteiger partial charge is 0.333 e. The lowest BCUT2D eigenvalue weighted by Crippen LogP contribution is -2.44. The molecule has 1 aliphatic heterocycles. The summed E-state index contributed by atoms with van der Waals surface area (Å²) in [5, 5.41) is 2.71. The van der Waals surface area contributed by atoms with Crippen molar-refractivity contribution < 1.29 is 18.0 Å². The van der Waals surface area contributed by atoms with Crippen LogP contribution in [0.5, 0.6) is 0 Å². The maximum absolute atomic E-state index is 12.4. The number of para-hydroxylation sites is 1. The van der Waals surface area contributed by atoms with Crippen LogP contribution in [0.4, 0.5) is 5.69 Å². The molecule has 0 aliphatic carbocycles. The lowest BCUT2D eigenvalue weighted by Gasteiger charge is -2.23. The minimum Gasteiger partial charge on any atom is -0.333 e. The third-order valence-corrected chi connectivity index (χ3v) is 6.19. The molecular weight excluding hydrogens is 328 g/mol. The normalized spacial score (nSPS) is 19.3. The van der Waals surface area contributed by atoms with Gasteiger partial charge >= 0.3 is 11.8 Å². The fourth-order valence-electron chi connectivity index (χ4n) is 2.92. The fourth-order valence-corrected chi connectivity index (χ4v) is 4.69. The topological polar surface area (TPSA) is 83.6 Å². The number of likely N-dealkylation sites (N-methyl/N-ethyl adjacent to an activating group) is 1. The second-order valence-electron chi connectivity index (χ2n) is 6.62. The van der Waals surface area contributed by atoms with Gasteiger partial charge in [0, 0.05) is 18.8 Å². The Balaban J connectivity index is 2.14. The quantitative estimate of drug-likeness (QED) is 0.839. The van der Waals surface area contributed by atoms with Crippen LogP contribution in [0.15, 0.2) is 18.2 Å². The molecule has 2 amide bonds. The average molecular weight is 352 g/mol. The Morgan fingerprint density at radius 2 is 1.96 bits per heavy atom. The van der Waals surface area contributed by atoms with E-state index in [-0.39, 0.29) is 17.4 Å². The van der Waals surface area contributed by atoms with Crippen molar-refractivity contribution >= 4 is 27.3 Å². The van der Waals surface area contributed by atoms with E-state index in [1.807, 2.05) is 39.0 Å². The molecule has 132 valence electrons. The number of aryl methyl sites for hydroxylation is 1. The maximum Gasteiger partial charge on any atom is 0.313 e. The van der Waals surface area contributed by atoms with Gasteiger partial charge in [-0.05, 0) is 30.4 Å². The van der Waals surface area contributed by atoms with Crippen LogP contribution in [0.1, 0.15) is 37.3 Å². The number of carbonyl (C=O) groups is 2. The lowest BCUT2D eigenvalue weighted by molar-refractivity contribution is -0.143. The minimum absolute atomic E-state index is 0.0617. The number of sulfone groups is 1. The number of hydrogen-bond acceptors (Lipinski definition) is 4. The molecule has 1 aromatic rings. The molecular formula is C17H24N2O4S. The SMILES string of the molecule is Cc1cccc(C(C)C)c1NC(=O)C(=O)N(C)C1CCS(=O)(=O)C1. The van der Waals surface area contributed by atoms with Crippen LogP contribution in [-0.4, -0.2) is 49.7 Å². The molecule has 24 heavy (non-hydrogen) atoms. The maximum atomic E-state index is 12.4. The molecule has 6 nitrogen and oxygen atoms in total. The summed E-state index contributed by atoms with van der Waals surface area (Å²) < 4.78 is 23.1. The Labute approximate surface area is 143 Å². The smallest absolute Gasteiger partial charge is 0.313 e. The van der Waals surface area contributed by atoms with Crippen LogP contribution in [0.25, 0.3) is 0 Å². The number of benzene rings is 1. The zero-order valence-corrected chi connectivity index (χ0v) is 15.3. The molecule has 1 atom stereocenters. The zero-order chi connectivity index (χ0) is 18.1. The minimum atomic E-state index is -3.11. The molecule has 0 bridgehead atoms. The predicted molar refractivity (Wildman–Crippen MR) is 93.7 cm³/mol. The zero-order valence-electron chi connectivity index (χ0n) is 14.5. The number of carbonyl (C=O) groups excluding carboxylic acids is 2. The molecule has 1 fully saturated rings. The summed E-state index contributed by atoms with van der Waals surface area (Å²) in [7, 11) is -1.63. The van der Waals surface area contributed by atoms with E-state index < -0.39 is 27.7 Å². The Morgan fingerprint density at radius 1 is 1.29 bits per heavy atom. The number of rotatable bonds is 3. The highest BCUT2D eigenvalue weighted by molar-refractivity contribution is 7.91. The van der Waals surface area contributed by atoms with Crippen molar-refractivity contribution in [3.05, 3.63) is 29.3 Å². The summed E-state index contributed by atoms with van der Waals surface area (Å²) in [5.74, 6) is -1.27. The third-order valence-electron chi connectivity index (χ3n) is 4.44. The van der Waals surface area contributed by atoms with Crippen molar-refractivity contribution in [2.24, 2.45) is 0 Å². The molecule has 1 saturated heterocycles. The highest BCUT2D eigenvalue weighted by Crippen LogP contribution is 2.27. The molecule has 1 unspecified atom stereocenters. The van der Waals surface area contributed by atoms with E-state index in [1.54, 1.807) is 0 Å². The first-order chi connectivity index (χ1) is 11.1. The van der Waals surface area contributed by atoms with Gasteiger partial charge in [0.05, 0.1) is 11.5 Å². The van der Waals surface area contributed by atoms with E-state index in [1.165, 1.54) is 11.9 Å². The highest BCUT2D eigenvalue weighted by atomic mass is 32.2. The van der Waals surface area contributed by atoms with Crippen LogP contribution in [-0.2, 0) is 19.4 Å². The van der Waals surface area contributed by atoms with Crippen molar-refractivity contribution in [2.75, 3.05) is 23.9 Å². The van der Waals surface area contributed by atoms with Crippen molar-refractivity contribution in [3.63, 3.8) is 0 Å². The summed E-state index contributed by atoms with van der Waals surface area (Å²) in [6.07, 6.45) is 0.374. The number of hydrogen-bond donors (Lipinski definition) is 1. The lowest BCUT2D eigenvalue weighted by atomic mass is 9.98.